The molecular formula is C12H14BrCl2NO2S2. The molecule has 0 aromatic heterocycles. The normalized spacial score (nSPS) is 20.1. The average Bonchev–Trinajstić information content (AvgIpc) is 2.25. The Balaban J connectivity index is 2.46. The Kier molecular flexibility index (Phi) is 5.05. The second kappa shape index (κ2) is 5.97. The molecular weight excluding hydrogens is 405 g/mol. The third-order valence-corrected chi connectivity index (χ3v) is 7.47. The number of thioether (sulfide) groups is 1. The lowest BCUT2D eigenvalue weighted by molar-refractivity contribution is 0.387. The first kappa shape index (κ1) is 16.9. The van der Waals surface area contributed by atoms with Crippen molar-refractivity contribution in [3.63, 3.8) is 0 Å². The molecule has 1 fully saturated rings. The lowest BCUT2D eigenvalue weighted by atomic mass is 10.2. The minimum absolute atomic E-state index is 0.00765. The Morgan fingerprint density at radius 1 is 1.30 bits per heavy atom. The van der Waals surface area contributed by atoms with Crippen molar-refractivity contribution in [2.75, 3.05) is 18.8 Å². The summed E-state index contributed by atoms with van der Waals surface area (Å²) in [5.74, 6) is 0.762. The predicted molar refractivity (Wildman–Crippen MR) is 89.5 cm³/mol. The molecule has 1 aromatic carbocycles. The zero-order chi connectivity index (χ0) is 15.1. The molecule has 0 amide bonds. The van der Waals surface area contributed by atoms with Gasteiger partial charge in [-0.1, -0.05) is 39.1 Å². The van der Waals surface area contributed by atoms with Gasteiger partial charge in [0.2, 0.25) is 10.0 Å². The van der Waals surface area contributed by atoms with Gasteiger partial charge in [-0.2, -0.15) is 16.1 Å². The molecule has 1 saturated heterocycles. The highest BCUT2D eigenvalue weighted by atomic mass is 79.9. The standard InChI is InChI=1S/C12H14BrCl2NO2S2/c1-12(2)7-16(3-4-19-12)20(17,18)11-9(14)5-8(13)6-10(11)15/h5-6H,3-4,7H2,1-2H3. The van der Waals surface area contributed by atoms with Gasteiger partial charge in [0.25, 0.3) is 0 Å². The lowest BCUT2D eigenvalue weighted by Gasteiger charge is -2.36. The fraction of sp³-hybridized carbons (Fsp3) is 0.500. The first-order chi connectivity index (χ1) is 9.13. The monoisotopic (exact) mass is 417 g/mol. The van der Waals surface area contributed by atoms with Crippen molar-refractivity contribution in [3.05, 3.63) is 26.7 Å². The molecule has 1 heterocycles. The smallest absolute Gasteiger partial charge is 0.207 e. The van der Waals surface area contributed by atoms with E-state index in [9.17, 15) is 8.42 Å². The van der Waals surface area contributed by atoms with Crippen LogP contribution in [0, 0.1) is 0 Å². The van der Waals surface area contributed by atoms with Crippen molar-refractivity contribution in [2.24, 2.45) is 0 Å². The number of hydrogen-bond acceptors (Lipinski definition) is 3. The average molecular weight is 419 g/mol. The van der Waals surface area contributed by atoms with E-state index >= 15 is 0 Å². The van der Waals surface area contributed by atoms with Crippen LogP contribution in [-0.2, 0) is 10.0 Å². The third kappa shape index (κ3) is 3.47. The van der Waals surface area contributed by atoms with E-state index in [0.29, 0.717) is 17.6 Å². The van der Waals surface area contributed by atoms with Gasteiger partial charge in [-0.25, -0.2) is 8.42 Å². The van der Waals surface area contributed by atoms with Crippen LogP contribution < -0.4 is 0 Å². The molecule has 1 aromatic rings. The SMILES string of the molecule is CC1(C)CN(S(=O)(=O)c2c(Cl)cc(Br)cc2Cl)CCS1. The minimum atomic E-state index is -3.68. The molecule has 3 nitrogen and oxygen atoms in total. The van der Waals surface area contributed by atoms with Crippen LogP contribution >= 0.6 is 50.9 Å². The first-order valence-electron chi connectivity index (χ1n) is 5.92. The van der Waals surface area contributed by atoms with Crippen molar-refractivity contribution in [1.82, 2.24) is 4.31 Å². The molecule has 0 bridgehead atoms. The predicted octanol–water partition coefficient (Wildman–Crippen LogP) is 4.27. The van der Waals surface area contributed by atoms with Crippen molar-refractivity contribution < 1.29 is 8.42 Å². The number of halogens is 3. The van der Waals surface area contributed by atoms with Crippen LogP contribution in [0.1, 0.15) is 13.8 Å². The van der Waals surface area contributed by atoms with Crippen molar-refractivity contribution in [3.8, 4) is 0 Å². The second-order valence-corrected chi connectivity index (χ2v) is 10.6. The summed E-state index contributed by atoms with van der Waals surface area (Å²) in [7, 11) is -3.68. The lowest BCUT2D eigenvalue weighted by Crippen LogP contribution is -2.46. The molecule has 0 N–H and O–H groups in total. The fourth-order valence-corrected chi connectivity index (χ4v) is 6.88. The molecule has 0 aliphatic carbocycles. The van der Waals surface area contributed by atoms with Gasteiger partial charge < -0.3 is 0 Å². The third-order valence-electron chi connectivity index (χ3n) is 2.95. The van der Waals surface area contributed by atoms with E-state index in [1.165, 1.54) is 4.31 Å². The highest BCUT2D eigenvalue weighted by Gasteiger charge is 2.36. The maximum absolute atomic E-state index is 12.8. The molecule has 1 aliphatic rings. The topological polar surface area (TPSA) is 37.4 Å². The van der Waals surface area contributed by atoms with E-state index in [4.69, 9.17) is 23.2 Å². The molecule has 0 spiro atoms. The van der Waals surface area contributed by atoms with Gasteiger partial charge in [-0.15, -0.1) is 0 Å². The minimum Gasteiger partial charge on any atom is -0.207 e. The molecule has 0 unspecified atom stereocenters. The zero-order valence-electron chi connectivity index (χ0n) is 11.0. The number of hydrogen-bond donors (Lipinski definition) is 0. The highest BCUT2D eigenvalue weighted by Crippen LogP contribution is 2.38. The molecule has 1 aliphatic heterocycles. The summed E-state index contributed by atoms with van der Waals surface area (Å²) >= 11 is 17.2. The van der Waals surface area contributed by atoms with Crippen LogP contribution in [0.4, 0.5) is 0 Å². The van der Waals surface area contributed by atoms with E-state index in [1.54, 1.807) is 23.9 Å². The Morgan fingerprint density at radius 3 is 2.35 bits per heavy atom. The van der Waals surface area contributed by atoms with Gasteiger partial charge in [0, 0.05) is 28.1 Å². The van der Waals surface area contributed by atoms with Crippen LogP contribution in [-0.4, -0.2) is 36.3 Å². The molecule has 0 radical (unpaired) electrons. The van der Waals surface area contributed by atoms with E-state index in [-0.39, 0.29) is 19.7 Å². The molecule has 0 saturated carbocycles. The largest absolute Gasteiger partial charge is 0.246 e. The van der Waals surface area contributed by atoms with Crippen LogP contribution in [0.15, 0.2) is 21.5 Å². The summed E-state index contributed by atoms with van der Waals surface area (Å²) in [5.41, 5.74) is 0. The first-order valence-corrected chi connectivity index (χ1v) is 9.90. The number of rotatable bonds is 2. The molecule has 2 rings (SSSR count). The van der Waals surface area contributed by atoms with Crippen LogP contribution in [0.25, 0.3) is 0 Å². The van der Waals surface area contributed by atoms with Gasteiger partial charge >= 0.3 is 0 Å². The maximum Gasteiger partial charge on any atom is 0.246 e. The van der Waals surface area contributed by atoms with Crippen molar-refractivity contribution in [2.45, 2.75) is 23.5 Å². The highest BCUT2D eigenvalue weighted by molar-refractivity contribution is 9.10. The van der Waals surface area contributed by atoms with E-state index in [0.717, 1.165) is 5.75 Å². The van der Waals surface area contributed by atoms with E-state index in [2.05, 4.69) is 15.9 Å². The van der Waals surface area contributed by atoms with Gasteiger partial charge in [0.05, 0.1) is 10.0 Å². The van der Waals surface area contributed by atoms with Gasteiger partial charge in [-0.3, -0.25) is 0 Å². The Bertz CT molecular complexity index is 611. The van der Waals surface area contributed by atoms with Crippen molar-refractivity contribution >= 4 is 60.9 Å². The Morgan fingerprint density at radius 2 is 1.85 bits per heavy atom. The number of sulfonamides is 1. The van der Waals surface area contributed by atoms with Gasteiger partial charge in [-0.05, 0) is 26.0 Å². The number of benzene rings is 1. The second-order valence-electron chi connectivity index (χ2n) is 5.15. The summed E-state index contributed by atoms with van der Waals surface area (Å²) in [4.78, 5) is -0.00765. The summed E-state index contributed by atoms with van der Waals surface area (Å²) in [6.45, 7) is 4.98. The van der Waals surface area contributed by atoms with Crippen LogP contribution in [0.2, 0.25) is 10.0 Å². The van der Waals surface area contributed by atoms with Crippen LogP contribution in [0.3, 0.4) is 0 Å². The quantitative estimate of drug-likeness (QED) is 0.719. The van der Waals surface area contributed by atoms with Crippen molar-refractivity contribution in [1.29, 1.82) is 0 Å². The summed E-state index contributed by atoms with van der Waals surface area (Å²) in [5, 5.41) is 0.279. The number of nitrogens with zero attached hydrogens (tertiary/aromatic N) is 1. The van der Waals surface area contributed by atoms with Crippen LogP contribution in [0.5, 0.6) is 0 Å². The zero-order valence-corrected chi connectivity index (χ0v) is 15.7. The van der Waals surface area contributed by atoms with E-state index in [1.807, 2.05) is 13.8 Å². The molecule has 112 valence electrons. The van der Waals surface area contributed by atoms with Gasteiger partial charge in [0.15, 0.2) is 0 Å². The summed E-state index contributed by atoms with van der Waals surface area (Å²) in [6, 6.07) is 3.09. The molecule has 20 heavy (non-hydrogen) atoms. The van der Waals surface area contributed by atoms with Gasteiger partial charge in [0.1, 0.15) is 4.90 Å². The summed E-state index contributed by atoms with van der Waals surface area (Å²) in [6.07, 6.45) is 0. The Hall–Kier alpha value is 0.540. The maximum atomic E-state index is 12.8. The molecule has 0 atom stereocenters. The van der Waals surface area contributed by atoms with E-state index < -0.39 is 10.0 Å². The summed E-state index contributed by atoms with van der Waals surface area (Å²) < 4.78 is 27.5. The Labute approximate surface area is 142 Å². The molecule has 8 heteroatoms. The fourth-order valence-electron chi connectivity index (χ4n) is 2.08.